The maximum atomic E-state index is 14.0. The molecule has 0 fully saturated rings. The molecular formula is C33H34N4O5. The molecule has 0 heterocycles. The Labute approximate surface area is 245 Å². The average molecular weight is 567 g/mol. The molecule has 0 bridgehead atoms. The van der Waals surface area contributed by atoms with Gasteiger partial charge < -0.3 is 30.6 Å². The quantitative estimate of drug-likeness (QED) is 0.0794. The summed E-state index contributed by atoms with van der Waals surface area (Å²) in [6, 6.07) is 30.9. The highest BCUT2D eigenvalue weighted by Gasteiger charge is 2.45. The molecule has 0 aliphatic rings. The maximum Gasteiger partial charge on any atom is 0.305 e. The van der Waals surface area contributed by atoms with E-state index in [9.17, 15) is 9.59 Å². The normalized spacial score (nSPS) is 12.0. The topological polar surface area (TPSA) is 136 Å². The first-order valence-electron chi connectivity index (χ1n) is 13.4. The number of nitrogens with two attached hydrogens (primary N) is 1. The molecule has 0 radical (unpaired) electrons. The Morgan fingerprint density at radius 2 is 1.50 bits per heavy atom. The van der Waals surface area contributed by atoms with E-state index in [4.69, 9.17) is 25.4 Å². The van der Waals surface area contributed by atoms with Crippen LogP contribution in [0.5, 0.6) is 11.5 Å². The lowest BCUT2D eigenvalue weighted by molar-refractivity contribution is -0.165. The second-order valence-corrected chi connectivity index (χ2v) is 9.52. The van der Waals surface area contributed by atoms with Gasteiger partial charge in [0.1, 0.15) is 12.4 Å². The molecule has 9 nitrogen and oxygen atoms in total. The third-order valence-electron chi connectivity index (χ3n) is 6.48. The van der Waals surface area contributed by atoms with Gasteiger partial charge in [-0.2, -0.15) is 0 Å². The van der Waals surface area contributed by atoms with Crippen molar-refractivity contribution in [3.05, 3.63) is 125 Å². The maximum absolute atomic E-state index is 14.0. The molecule has 216 valence electrons. The Kier molecular flexibility index (Phi) is 9.78. The third-order valence-corrected chi connectivity index (χ3v) is 6.48. The first-order chi connectivity index (χ1) is 20.3. The highest BCUT2D eigenvalue weighted by atomic mass is 16.6. The first kappa shape index (κ1) is 29.7. The number of hydrogen-bond donors (Lipinski definition) is 4. The smallest absolute Gasteiger partial charge is 0.305 e. The number of amidine groups is 1. The van der Waals surface area contributed by atoms with Crippen LogP contribution in [0.2, 0.25) is 0 Å². The standard InChI is InChI=1S/C33H34N4O5/c1-23(38)42-33(37-28-16-13-26(14-17-28)31(34)35,32(39)36-20-19-24-9-5-3-6-10-24)27-15-18-29(30(21-27)40-2)41-22-25-11-7-4-8-12-25/h3-18,21,37H,19-20,22H2,1-2H3,(H3,34,35)(H,36,39). The summed E-state index contributed by atoms with van der Waals surface area (Å²) in [5, 5.41) is 13.7. The van der Waals surface area contributed by atoms with Crippen molar-refractivity contribution in [2.75, 3.05) is 19.0 Å². The van der Waals surface area contributed by atoms with Gasteiger partial charge >= 0.3 is 5.97 Å². The van der Waals surface area contributed by atoms with Crippen molar-refractivity contribution in [1.29, 1.82) is 5.41 Å². The number of amides is 1. The summed E-state index contributed by atoms with van der Waals surface area (Å²) in [6.07, 6.45) is 0.575. The molecule has 4 aromatic rings. The molecule has 0 aliphatic heterocycles. The lowest BCUT2D eigenvalue weighted by atomic mass is 9.99. The predicted octanol–water partition coefficient (Wildman–Crippen LogP) is 4.75. The fraction of sp³-hybridized carbons (Fsp3) is 0.182. The molecule has 4 rings (SSSR count). The van der Waals surface area contributed by atoms with Crippen LogP contribution in [0.4, 0.5) is 5.69 Å². The number of carbonyl (C=O) groups is 2. The van der Waals surface area contributed by atoms with E-state index in [1.54, 1.807) is 42.5 Å². The van der Waals surface area contributed by atoms with E-state index >= 15 is 0 Å². The Morgan fingerprint density at radius 1 is 0.857 bits per heavy atom. The van der Waals surface area contributed by atoms with Gasteiger partial charge in [-0.25, -0.2) is 0 Å². The summed E-state index contributed by atoms with van der Waals surface area (Å²) < 4.78 is 17.4. The van der Waals surface area contributed by atoms with Crippen molar-refractivity contribution in [2.45, 2.75) is 25.7 Å². The molecule has 0 aromatic heterocycles. The average Bonchev–Trinajstić information content (AvgIpc) is 3.00. The zero-order valence-corrected chi connectivity index (χ0v) is 23.6. The van der Waals surface area contributed by atoms with Crippen LogP contribution in [-0.4, -0.2) is 31.4 Å². The monoisotopic (exact) mass is 566 g/mol. The molecule has 1 unspecified atom stereocenters. The van der Waals surface area contributed by atoms with Crippen LogP contribution in [0.15, 0.2) is 103 Å². The van der Waals surface area contributed by atoms with Crippen molar-refractivity contribution >= 4 is 23.4 Å². The summed E-state index contributed by atoms with van der Waals surface area (Å²) in [5.41, 5.74) is 6.95. The Balaban J connectivity index is 1.70. The molecule has 0 saturated heterocycles. The Bertz CT molecular complexity index is 1510. The fourth-order valence-electron chi connectivity index (χ4n) is 4.37. The van der Waals surface area contributed by atoms with Crippen molar-refractivity contribution in [1.82, 2.24) is 5.32 Å². The highest BCUT2D eigenvalue weighted by molar-refractivity contribution is 5.95. The number of rotatable bonds is 13. The van der Waals surface area contributed by atoms with Crippen LogP contribution in [0.1, 0.15) is 29.2 Å². The lowest BCUT2D eigenvalue weighted by Gasteiger charge is -2.34. The SMILES string of the molecule is COc1cc(C(Nc2ccc(C(=N)N)cc2)(OC(C)=O)C(=O)NCCc2ccccc2)ccc1OCc1ccccc1. The van der Waals surface area contributed by atoms with Crippen LogP contribution in [0.3, 0.4) is 0 Å². The van der Waals surface area contributed by atoms with E-state index in [0.717, 1.165) is 11.1 Å². The van der Waals surface area contributed by atoms with E-state index in [-0.39, 0.29) is 5.84 Å². The molecule has 0 aliphatic carbocycles. The van der Waals surface area contributed by atoms with Crippen LogP contribution >= 0.6 is 0 Å². The molecule has 9 heteroatoms. The van der Waals surface area contributed by atoms with Gasteiger partial charge in [0.2, 0.25) is 0 Å². The number of carbonyl (C=O) groups excluding carboxylic acids is 2. The number of hydrogen-bond acceptors (Lipinski definition) is 7. The number of nitrogens with one attached hydrogen (secondary N) is 3. The van der Waals surface area contributed by atoms with E-state index in [2.05, 4.69) is 10.6 Å². The number of nitrogen functional groups attached to an aromatic ring is 1. The summed E-state index contributed by atoms with van der Waals surface area (Å²) in [7, 11) is 1.50. The summed E-state index contributed by atoms with van der Waals surface area (Å²) in [4.78, 5) is 26.5. The highest BCUT2D eigenvalue weighted by Crippen LogP contribution is 2.36. The number of anilines is 1. The van der Waals surface area contributed by atoms with Crippen molar-refractivity contribution in [3.8, 4) is 11.5 Å². The van der Waals surface area contributed by atoms with Gasteiger partial charge in [-0.15, -0.1) is 0 Å². The van der Waals surface area contributed by atoms with Crippen LogP contribution in [0.25, 0.3) is 0 Å². The number of methoxy groups -OCH3 is 1. The molecule has 4 aromatic carbocycles. The number of ether oxygens (including phenoxy) is 3. The number of esters is 1. The van der Waals surface area contributed by atoms with E-state index < -0.39 is 17.6 Å². The van der Waals surface area contributed by atoms with Gasteiger partial charge in [0.05, 0.1) is 7.11 Å². The molecular weight excluding hydrogens is 532 g/mol. The van der Waals surface area contributed by atoms with Gasteiger partial charge in [-0.3, -0.25) is 15.0 Å². The van der Waals surface area contributed by atoms with Gasteiger partial charge in [0, 0.05) is 30.3 Å². The van der Waals surface area contributed by atoms with E-state index in [0.29, 0.717) is 47.9 Å². The van der Waals surface area contributed by atoms with Crippen molar-refractivity contribution in [2.24, 2.45) is 5.73 Å². The first-order valence-corrected chi connectivity index (χ1v) is 13.4. The zero-order chi connectivity index (χ0) is 30.0. The minimum Gasteiger partial charge on any atom is -0.493 e. The number of benzene rings is 4. The lowest BCUT2D eigenvalue weighted by Crippen LogP contribution is -2.53. The van der Waals surface area contributed by atoms with Gasteiger partial charge in [-0.05, 0) is 60.0 Å². The molecule has 5 N–H and O–H groups in total. The molecule has 42 heavy (non-hydrogen) atoms. The minimum absolute atomic E-state index is 0.0951. The largest absolute Gasteiger partial charge is 0.493 e. The van der Waals surface area contributed by atoms with Crippen LogP contribution in [-0.2, 0) is 33.1 Å². The third kappa shape index (κ3) is 7.45. The summed E-state index contributed by atoms with van der Waals surface area (Å²) >= 11 is 0. The van der Waals surface area contributed by atoms with Gasteiger partial charge in [0.25, 0.3) is 11.6 Å². The Hall–Kier alpha value is -5.31. The molecule has 1 amide bonds. The fourth-order valence-corrected chi connectivity index (χ4v) is 4.37. The van der Waals surface area contributed by atoms with E-state index in [1.807, 2.05) is 60.7 Å². The molecule has 1 atom stereocenters. The summed E-state index contributed by atoms with van der Waals surface area (Å²) in [6.45, 7) is 1.85. The van der Waals surface area contributed by atoms with Crippen molar-refractivity contribution < 1.29 is 23.8 Å². The van der Waals surface area contributed by atoms with Gasteiger partial charge in [0.15, 0.2) is 11.5 Å². The summed E-state index contributed by atoms with van der Waals surface area (Å²) in [5.74, 6) is -0.543. The van der Waals surface area contributed by atoms with Gasteiger partial charge in [-0.1, -0.05) is 60.7 Å². The zero-order valence-electron chi connectivity index (χ0n) is 23.6. The Morgan fingerprint density at radius 3 is 2.10 bits per heavy atom. The predicted molar refractivity (Wildman–Crippen MR) is 161 cm³/mol. The van der Waals surface area contributed by atoms with Crippen LogP contribution in [0, 0.1) is 5.41 Å². The van der Waals surface area contributed by atoms with Crippen molar-refractivity contribution in [3.63, 3.8) is 0 Å². The molecule has 0 spiro atoms. The second-order valence-electron chi connectivity index (χ2n) is 9.52. The van der Waals surface area contributed by atoms with Crippen LogP contribution < -0.4 is 25.8 Å². The molecule has 0 saturated carbocycles. The minimum atomic E-state index is -1.97. The van der Waals surface area contributed by atoms with E-state index in [1.165, 1.54) is 14.0 Å². The second kappa shape index (κ2) is 13.8.